The van der Waals surface area contributed by atoms with E-state index in [1.807, 2.05) is 38.1 Å². The number of anilines is 1. The van der Waals surface area contributed by atoms with E-state index >= 15 is 0 Å². The Morgan fingerprint density at radius 2 is 1.85 bits per heavy atom. The van der Waals surface area contributed by atoms with Gasteiger partial charge in [-0.2, -0.15) is 8.42 Å². The Labute approximate surface area is 194 Å². The molecule has 2 aromatic rings. The lowest BCUT2D eigenvalue weighted by molar-refractivity contribution is 0.141. The minimum Gasteiger partial charge on any atom is -0.493 e. The van der Waals surface area contributed by atoms with E-state index in [0.29, 0.717) is 36.9 Å². The fourth-order valence-corrected chi connectivity index (χ4v) is 5.26. The molecule has 0 bridgehead atoms. The van der Waals surface area contributed by atoms with Crippen LogP contribution < -0.4 is 14.4 Å². The highest BCUT2D eigenvalue weighted by atomic mass is 32.2. The molecule has 178 valence electrons. The van der Waals surface area contributed by atoms with Crippen LogP contribution in [0.15, 0.2) is 29.5 Å². The van der Waals surface area contributed by atoms with Gasteiger partial charge in [0.05, 0.1) is 37.8 Å². The van der Waals surface area contributed by atoms with Gasteiger partial charge in [-0.05, 0) is 43.9 Å². The lowest BCUT2D eigenvalue weighted by Crippen LogP contribution is -2.36. The Morgan fingerprint density at radius 1 is 1.12 bits per heavy atom. The van der Waals surface area contributed by atoms with Crippen LogP contribution in [0.25, 0.3) is 0 Å². The predicted molar refractivity (Wildman–Crippen MR) is 126 cm³/mol. The Kier molecular flexibility index (Phi) is 6.58. The molecule has 3 atom stereocenters. The Balaban J connectivity index is 1.80. The van der Waals surface area contributed by atoms with E-state index in [1.165, 1.54) is 0 Å². The number of hydrogen-bond acceptors (Lipinski definition) is 9. The fourth-order valence-electron chi connectivity index (χ4n) is 4.59. The zero-order valence-corrected chi connectivity index (χ0v) is 20.4. The van der Waals surface area contributed by atoms with E-state index in [-0.39, 0.29) is 18.1 Å². The molecule has 2 heterocycles. The van der Waals surface area contributed by atoms with Gasteiger partial charge in [-0.3, -0.25) is 9.18 Å². The molecule has 0 radical (unpaired) electrons. The molecule has 0 saturated heterocycles. The van der Waals surface area contributed by atoms with Gasteiger partial charge in [-0.1, -0.05) is 0 Å². The number of ether oxygens (including phenoxy) is 2. The van der Waals surface area contributed by atoms with Crippen molar-refractivity contribution in [2.75, 3.05) is 39.0 Å². The molecule has 4 rings (SSSR count). The molecule has 0 amide bonds. The molecule has 0 unspecified atom stereocenters. The van der Waals surface area contributed by atoms with Crippen LogP contribution in [0.1, 0.15) is 48.8 Å². The topological polar surface area (TPSA) is 103 Å². The molecule has 1 aliphatic heterocycles. The van der Waals surface area contributed by atoms with Gasteiger partial charge in [0.1, 0.15) is 0 Å². The number of rotatable bonds is 7. The highest BCUT2D eigenvalue weighted by molar-refractivity contribution is 7.86. The first-order valence-electron chi connectivity index (χ1n) is 11.0. The van der Waals surface area contributed by atoms with Gasteiger partial charge in [-0.25, -0.2) is 9.97 Å². The van der Waals surface area contributed by atoms with E-state index in [4.69, 9.17) is 18.6 Å². The SMILES string of the molecule is CCOc1cc2c(cc1OC)C(c1cnc(N(C)C)nc1)=N[C@@H]1CC[C@@H](OS(C)(=O)=O)C[C@H]21. The molecule has 9 nitrogen and oxygen atoms in total. The second-order valence-electron chi connectivity index (χ2n) is 8.58. The largest absolute Gasteiger partial charge is 0.493 e. The summed E-state index contributed by atoms with van der Waals surface area (Å²) in [6, 6.07) is 3.95. The van der Waals surface area contributed by atoms with E-state index in [1.54, 1.807) is 19.5 Å². The third-order valence-electron chi connectivity index (χ3n) is 5.97. The second-order valence-corrected chi connectivity index (χ2v) is 10.2. The highest BCUT2D eigenvalue weighted by Gasteiger charge is 2.39. The molecule has 0 N–H and O–H groups in total. The standard InChI is InChI=1S/C23H30N4O5S/c1-6-31-21-10-16-17-9-15(32-33(5,28)29)7-8-19(17)26-22(18(16)11-20(21)30-4)14-12-24-23(25-13-14)27(2)3/h10-13,15,17,19H,6-9H2,1-5H3/t15-,17-,19-/m1/s1. The van der Waals surface area contributed by atoms with Crippen molar-refractivity contribution in [3.63, 3.8) is 0 Å². The van der Waals surface area contributed by atoms with Crippen molar-refractivity contribution in [1.29, 1.82) is 0 Å². The summed E-state index contributed by atoms with van der Waals surface area (Å²) in [6.45, 7) is 2.43. The maximum absolute atomic E-state index is 11.7. The molecule has 1 aliphatic carbocycles. The molecule has 10 heteroatoms. The van der Waals surface area contributed by atoms with Crippen LogP contribution in [-0.4, -0.2) is 70.3 Å². The third kappa shape index (κ3) is 4.96. The first kappa shape index (κ1) is 23.4. The average Bonchev–Trinajstić information content (AvgIpc) is 2.77. The lowest BCUT2D eigenvalue weighted by Gasteiger charge is -2.38. The van der Waals surface area contributed by atoms with E-state index in [9.17, 15) is 8.42 Å². The zero-order chi connectivity index (χ0) is 23.8. The van der Waals surface area contributed by atoms with Crippen LogP contribution in [0, 0.1) is 0 Å². The number of nitrogens with zero attached hydrogens (tertiary/aromatic N) is 4. The fraction of sp³-hybridized carbons (Fsp3) is 0.522. The van der Waals surface area contributed by atoms with Gasteiger partial charge in [0.15, 0.2) is 11.5 Å². The van der Waals surface area contributed by atoms with Gasteiger partial charge in [0.2, 0.25) is 5.95 Å². The number of fused-ring (bicyclic) bond motifs is 3. The quantitative estimate of drug-likeness (QED) is 0.565. The molecular weight excluding hydrogens is 444 g/mol. The van der Waals surface area contributed by atoms with Crippen LogP contribution in [0.3, 0.4) is 0 Å². The van der Waals surface area contributed by atoms with E-state index < -0.39 is 10.1 Å². The Bertz CT molecular complexity index is 1150. The maximum Gasteiger partial charge on any atom is 0.264 e. The number of aliphatic imine (C=N–C) groups is 1. The van der Waals surface area contributed by atoms with Gasteiger partial charge < -0.3 is 14.4 Å². The molecule has 1 aromatic carbocycles. The van der Waals surface area contributed by atoms with Gasteiger partial charge in [0.25, 0.3) is 10.1 Å². The number of hydrogen-bond donors (Lipinski definition) is 0. The van der Waals surface area contributed by atoms with Crippen LogP contribution in [0.5, 0.6) is 11.5 Å². The number of methoxy groups -OCH3 is 1. The van der Waals surface area contributed by atoms with Crippen LogP contribution in [0.4, 0.5) is 5.95 Å². The van der Waals surface area contributed by atoms with E-state index in [2.05, 4.69) is 9.97 Å². The van der Waals surface area contributed by atoms with Crippen LogP contribution >= 0.6 is 0 Å². The first-order valence-corrected chi connectivity index (χ1v) is 12.8. The minimum atomic E-state index is -3.53. The lowest BCUT2D eigenvalue weighted by atomic mass is 9.74. The molecule has 2 aliphatic rings. The molecule has 1 fully saturated rings. The van der Waals surface area contributed by atoms with Gasteiger partial charge in [0, 0.05) is 43.5 Å². The Morgan fingerprint density at radius 3 is 2.45 bits per heavy atom. The first-order chi connectivity index (χ1) is 15.7. The van der Waals surface area contributed by atoms with Crippen molar-refractivity contribution in [3.8, 4) is 11.5 Å². The number of benzene rings is 1. The predicted octanol–water partition coefficient (Wildman–Crippen LogP) is 2.78. The smallest absolute Gasteiger partial charge is 0.264 e. The summed E-state index contributed by atoms with van der Waals surface area (Å²) < 4.78 is 40.3. The summed E-state index contributed by atoms with van der Waals surface area (Å²) in [6.07, 6.45) is 6.21. The zero-order valence-electron chi connectivity index (χ0n) is 19.6. The van der Waals surface area contributed by atoms with Crippen molar-refractivity contribution < 1.29 is 22.1 Å². The van der Waals surface area contributed by atoms with Crippen molar-refractivity contribution in [2.45, 2.75) is 44.2 Å². The number of aromatic nitrogens is 2. The van der Waals surface area contributed by atoms with Crippen molar-refractivity contribution in [3.05, 3.63) is 41.2 Å². The molecule has 1 saturated carbocycles. The van der Waals surface area contributed by atoms with Crippen LogP contribution in [-0.2, 0) is 14.3 Å². The third-order valence-corrected chi connectivity index (χ3v) is 6.60. The van der Waals surface area contributed by atoms with Crippen molar-refractivity contribution in [1.82, 2.24) is 9.97 Å². The molecular formula is C23H30N4O5S. The second kappa shape index (κ2) is 9.26. The molecule has 0 spiro atoms. The maximum atomic E-state index is 11.7. The summed E-state index contributed by atoms with van der Waals surface area (Å²) in [7, 11) is 1.86. The van der Waals surface area contributed by atoms with Crippen molar-refractivity contribution >= 4 is 21.8 Å². The van der Waals surface area contributed by atoms with Gasteiger partial charge >= 0.3 is 0 Å². The summed E-state index contributed by atoms with van der Waals surface area (Å²) in [5, 5.41) is 0. The van der Waals surface area contributed by atoms with Crippen LogP contribution in [0.2, 0.25) is 0 Å². The minimum absolute atomic E-state index is 0.00306. The average molecular weight is 475 g/mol. The summed E-state index contributed by atoms with van der Waals surface area (Å²) in [5.41, 5.74) is 3.59. The molecule has 1 aromatic heterocycles. The molecule has 33 heavy (non-hydrogen) atoms. The van der Waals surface area contributed by atoms with Crippen molar-refractivity contribution in [2.24, 2.45) is 4.99 Å². The summed E-state index contributed by atoms with van der Waals surface area (Å²) >= 11 is 0. The monoisotopic (exact) mass is 474 g/mol. The normalized spacial score (nSPS) is 22.1. The summed E-state index contributed by atoms with van der Waals surface area (Å²) in [4.78, 5) is 15.9. The van der Waals surface area contributed by atoms with E-state index in [0.717, 1.165) is 35.1 Å². The highest BCUT2D eigenvalue weighted by Crippen LogP contribution is 2.45. The van der Waals surface area contributed by atoms with Gasteiger partial charge in [-0.15, -0.1) is 0 Å². The Hall–Kier alpha value is -2.72. The summed E-state index contributed by atoms with van der Waals surface area (Å²) in [5.74, 6) is 1.91.